The molecule has 7 heteroatoms. The maximum absolute atomic E-state index is 11.5. The van der Waals surface area contributed by atoms with Crippen molar-refractivity contribution in [3.63, 3.8) is 0 Å². The Labute approximate surface area is 121 Å². The highest BCUT2D eigenvalue weighted by atomic mass is 32.2. The van der Waals surface area contributed by atoms with Gasteiger partial charge in [-0.2, -0.15) is 11.8 Å². The van der Waals surface area contributed by atoms with Crippen molar-refractivity contribution >= 4 is 34.2 Å². The number of carbonyl (C=O) groups excluding carboxylic acids is 1. The van der Waals surface area contributed by atoms with E-state index in [0.29, 0.717) is 5.69 Å². The number of methoxy groups -OCH3 is 1. The van der Waals surface area contributed by atoms with Gasteiger partial charge in [0.05, 0.1) is 7.11 Å². The molecule has 2 heterocycles. The summed E-state index contributed by atoms with van der Waals surface area (Å²) >= 11 is 3.51. The van der Waals surface area contributed by atoms with Crippen LogP contribution in [0.2, 0.25) is 0 Å². The van der Waals surface area contributed by atoms with Crippen LogP contribution in [-0.4, -0.2) is 60.6 Å². The minimum atomic E-state index is -0.366. The number of thiazole rings is 1. The molecule has 0 aromatic carbocycles. The highest BCUT2D eigenvalue weighted by Gasteiger charge is 2.16. The van der Waals surface area contributed by atoms with Crippen LogP contribution in [0.25, 0.3) is 0 Å². The number of hydrogen-bond acceptors (Lipinski definition) is 7. The summed E-state index contributed by atoms with van der Waals surface area (Å²) < 4.78 is 4.70. The van der Waals surface area contributed by atoms with Gasteiger partial charge in [-0.1, -0.05) is 0 Å². The Morgan fingerprint density at radius 1 is 1.47 bits per heavy atom. The number of ether oxygens (including phenoxy) is 1. The summed E-state index contributed by atoms with van der Waals surface area (Å²) in [5.41, 5.74) is 0.421. The molecule has 0 saturated carbocycles. The highest BCUT2D eigenvalue weighted by molar-refractivity contribution is 7.99. The maximum Gasteiger partial charge on any atom is 0.357 e. The lowest BCUT2D eigenvalue weighted by molar-refractivity contribution is 0.0594. The average Bonchev–Trinajstić information content (AvgIpc) is 2.80. The first kappa shape index (κ1) is 14.6. The summed E-state index contributed by atoms with van der Waals surface area (Å²) in [4.78, 5) is 19.1. The number of thioether (sulfide) groups is 1. The third kappa shape index (κ3) is 4.09. The predicted molar refractivity (Wildman–Crippen MR) is 80.4 cm³/mol. The Bertz CT molecular complexity index is 431. The van der Waals surface area contributed by atoms with Crippen LogP contribution in [0.3, 0.4) is 0 Å². The molecule has 1 aliphatic heterocycles. The molecule has 1 aromatic heterocycles. The largest absolute Gasteiger partial charge is 0.464 e. The topological polar surface area (TPSA) is 54.5 Å². The van der Waals surface area contributed by atoms with Crippen LogP contribution in [0.15, 0.2) is 0 Å². The number of anilines is 1. The summed E-state index contributed by atoms with van der Waals surface area (Å²) in [5, 5.41) is 4.08. The van der Waals surface area contributed by atoms with E-state index in [4.69, 9.17) is 4.74 Å². The molecule has 0 amide bonds. The lowest BCUT2D eigenvalue weighted by Gasteiger charge is -2.25. The van der Waals surface area contributed by atoms with Crippen molar-refractivity contribution in [3.05, 3.63) is 10.6 Å². The van der Waals surface area contributed by atoms with Gasteiger partial charge in [-0.15, -0.1) is 11.3 Å². The molecule has 1 aliphatic rings. The van der Waals surface area contributed by atoms with E-state index in [9.17, 15) is 4.79 Å². The Balaban J connectivity index is 1.81. The molecule has 0 radical (unpaired) electrons. The number of nitrogens with one attached hydrogen (secondary N) is 1. The molecule has 1 saturated heterocycles. The third-order valence-electron chi connectivity index (χ3n) is 2.98. The van der Waals surface area contributed by atoms with E-state index in [0.717, 1.165) is 36.2 Å². The second-order valence-electron chi connectivity index (χ2n) is 4.30. The van der Waals surface area contributed by atoms with Gasteiger partial charge < -0.3 is 10.1 Å². The fourth-order valence-corrected chi connectivity index (χ4v) is 3.71. The van der Waals surface area contributed by atoms with E-state index >= 15 is 0 Å². The number of aromatic nitrogens is 1. The van der Waals surface area contributed by atoms with Crippen molar-refractivity contribution < 1.29 is 9.53 Å². The fraction of sp³-hybridized carbons (Fsp3) is 0.667. The number of hydrogen-bond donors (Lipinski definition) is 1. The van der Waals surface area contributed by atoms with Crippen LogP contribution < -0.4 is 5.32 Å². The Kier molecular flexibility index (Phi) is 5.47. The molecule has 19 heavy (non-hydrogen) atoms. The standard InChI is InChI=1S/C12H19N3O2S2/c1-9-10(11(16)17-2)14-12(19-9)13-3-4-15-5-7-18-8-6-15/h3-8H2,1-2H3,(H,13,14). The van der Waals surface area contributed by atoms with Gasteiger partial charge >= 0.3 is 5.97 Å². The van der Waals surface area contributed by atoms with Gasteiger partial charge in [-0.25, -0.2) is 9.78 Å². The van der Waals surface area contributed by atoms with Gasteiger partial charge in [-0.3, -0.25) is 4.90 Å². The lowest BCUT2D eigenvalue weighted by Crippen LogP contribution is -2.36. The molecular formula is C12H19N3O2S2. The Morgan fingerprint density at radius 3 is 2.89 bits per heavy atom. The first-order chi connectivity index (χ1) is 9.20. The molecule has 5 nitrogen and oxygen atoms in total. The Hall–Kier alpha value is -0.790. The number of esters is 1. The second kappa shape index (κ2) is 7.12. The molecule has 2 rings (SSSR count). The maximum atomic E-state index is 11.5. The zero-order valence-electron chi connectivity index (χ0n) is 11.3. The van der Waals surface area contributed by atoms with Crippen LogP contribution in [0, 0.1) is 6.92 Å². The van der Waals surface area contributed by atoms with Crippen molar-refractivity contribution in [3.8, 4) is 0 Å². The van der Waals surface area contributed by atoms with E-state index in [2.05, 4.69) is 15.2 Å². The van der Waals surface area contributed by atoms with Gasteiger partial charge in [0.1, 0.15) is 0 Å². The summed E-state index contributed by atoms with van der Waals surface area (Å²) in [7, 11) is 1.38. The summed E-state index contributed by atoms with van der Waals surface area (Å²) in [5.74, 6) is 2.08. The summed E-state index contributed by atoms with van der Waals surface area (Å²) in [6.45, 7) is 6.09. The second-order valence-corrected chi connectivity index (χ2v) is 6.72. The molecule has 1 aromatic rings. The molecule has 106 valence electrons. The van der Waals surface area contributed by atoms with E-state index < -0.39 is 0 Å². The normalized spacial score (nSPS) is 16.3. The van der Waals surface area contributed by atoms with Gasteiger partial charge in [0.25, 0.3) is 0 Å². The van der Waals surface area contributed by atoms with Crippen LogP contribution in [0.5, 0.6) is 0 Å². The zero-order chi connectivity index (χ0) is 13.7. The van der Waals surface area contributed by atoms with Crippen molar-refractivity contribution in [1.29, 1.82) is 0 Å². The fourth-order valence-electron chi connectivity index (χ4n) is 1.90. The van der Waals surface area contributed by atoms with Crippen molar-refractivity contribution in [2.24, 2.45) is 0 Å². The quantitative estimate of drug-likeness (QED) is 0.836. The SMILES string of the molecule is COC(=O)c1nc(NCCN2CCSCC2)sc1C. The molecule has 0 atom stereocenters. The minimum Gasteiger partial charge on any atom is -0.464 e. The van der Waals surface area contributed by atoms with Gasteiger partial charge in [0, 0.05) is 42.6 Å². The van der Waals surface area contributed by atoms with Crippen LogP contribution in [0.1, 0.15) is 15.4 Å². The Morgan fingerprint density at radius 2 is 2.21 bits per heavy atom. The van der Waals surface area contributed by atoms with Crippen LogP contribution >= 0.6 is 23.1 Å². The molecular weight excluding hydrogens is 282 g/mol. The van der Waals surface area contributed by atoms with E-state index in [1.165, 1.54) is 30.0 Å². The summed E-state index contributed by atoms with van der Waals surface area (Å²) in [6, 6.07) is 0. The molecule has 0 unspecified atom stereocenters. The predicted octanol–water partition coefficient (Wildman–Crippen LogP) is 1.70. The number of nitrogens with zero attached hydrogens (tertiary/aromatic N) is 2. The number of rotatable bonds is 5. The van der Waals surface area contributed by atoms with E-state index in [-0.39, 0.29) is 5.97 Å². The first-order valence-corrected chi connectivity index (χ1v) is 8.27. The highest BCUT2D eigenvalue weighted by Crippen LogP contribution is 2.22. The average molecular weight is 301 g/mol. The van der Waals surface area contributed by atoms with Crippen LogP contribution in [0.4, 0.5) is 5.13 Å². The monoisotopic (exact) mass is 301 g/mol. The van der Waals surface area contributed by atoms with E-state index in [1.807, 2.05) is 18.7 Å². The molecule has 0 bridgehead atoms. The van der Waals surface area contributed by atoms with E-state index in [1.54, 1.807) is 0 Å². The van der Waals surface area contributed by atoms with Crippen LogP contribution in [-0.2, 0) is 4.74 Å². The molecule has 1 N–H and O–H groups in total. The minimum absolute atomic E-state index is 0.366. The van der Waals surface area contributed by atoms with Gasteiger partial charge in [-0.05, 0) is 6.92 Å². The molecule has 1 fully saturated rings. The first-order valence-electron chi connectivity index (χ1n) is 6.30. The molecule has 0 spiro atoms. The lowest BCUT2D eigenvalue weighted by atomic mass is 10.4. The number of aryl methyl sites for hydroxylation is 1. The summed E-state index contributed by atoms with van der Waals surface area (Å²) in [6.07, 6.45) is 0. The van der Waals surface area contributed by atoms with Gasteiger partial charge in [0.2, 0.25) is 0 Å². The molecule has 0 aliphatic carbocycles. The van der Waals surface area contributed by atoms with Crippen molar-refractivity contribution in [2.45, 2.75) is 6.92 Å². The number of carbonyl (C=O) groups is 1. The smallest absolute Gasteiger partial charge is 0.357 e. The third-order valence-corrected chi connectivity index (χ3v) is 4.85. The van der Waals surface area contributed by atoms with Crippen molar-refractivity contribution in [1.82, 2.24) is 9.88 Å². The zero-order valence-corrected chi connectivity index (χ0v) is 12.9. The van der Waals surface area contributed by atoms with Crippen molar-refractivity contribution in [2.75, 3.05) is 50.1 Å². The van der Waals surface area contributed by atoms with Gasteiger partial charge in [0.15, 0.2) is 10.8 Å².